The molecular weight excluding hydrogens is 268 g/mol. The fourth-order valence-electron chi connectivity index (χ4n) is 1.65. The maximum Gasteiger partial charge on any atom is 0.340 e. The van der Waals surface area contributed by atoms with Crippen molar-refractivity contribution < 1.29 is 17.0 Å². The first-order valence-electron chi connectivity index (χ1n) is 5.97. The highest BCUT2D eigenvalue weighted by atomic mass is 32.2. The van der Waals surface area contributed by atoms with E-state index in [0.29, 0.717) is 17.4 Å². The minimum Gasteiger partial charge on any atom is -0.422 e. The Bertz CT molecular complexity index is 730. The summed E-state index contributed by atoms with van der Waals surface area (Å²) in [7, 11) is -3.69. The van der Waals surface area contributed by atoms with E-state index in [4.69, 9.17) is 8.60 Å². The summed E-state index contributed by atoms with van der Waals surface area (Å²) in [5.41, 5.74) is -0.338. The van der Waals surface area contributed by atoms with E-state index in [-0.39, 0.29) is 11.5 Å². The quantitative estimate of drug-likeness (QED) is 0.621. The SMILES string of the molecule is CCCCS(=O)(=O)Oc1cc(=O)oc2ccccc12. The molecule has 6 heteroatoms. The van der Waals surface area contributed by atoms with Crippen LogP contribution in [0.1, 0.15) is 19.8 Å². The molecule has 5 nitrogen and oxygen atoms in total. The van der Waals surface area contributed by atoms with Crippen molar-refractivity contribution in [3.05, 3.63) is 40.8 Å². The van der Waals surface area contributed by atoms with Gasteiger partial charge in [-0.25, -0.2) is 4.79 Å². The molecule has 0 fully saturated rings. The lowest BCUT2D eigenvalue weighted by Gasteiger charge is -2.08. The number of hydrogen-bond acceptors (Lipinski definition) is 5. The number of para-hydroxylation sites is 1. The molecule has 0 aliphatic rings. The Balaban J connectivity index is 2.43. The number of benzene rings is 1. The van der Waals surface area contributed by atoms with Crippen LogP contribution in [-0.4, -0.2) is 14.2 Å². The van der Waals surface area contributed by atoms with Crippen LogP contribution in [0.3, 0.4) is 0 Å². The van der Waals surface area contributed by atoms with Gasteiger partial charge in [0.2, 0.25) is 0 Å². The smallest absolute Gasteiger partial charge is 0.340 e. The van der Waals surface area contributed by atoms with Crippen LogP contribution < -0.4 is 9.81 Å². The molecule has 0 bridgehead atoms. The van der Waals surface area contributed by atoms with Crippen molar-refractivity contribution >= 4 is 21.1 Å². The molecule has 0 N–H and O–H groups in total. The van der Waals surface area contributed by atoms with Gasteiger partial charge < -0.3 is 8.60 Å². The third-order valence-electron chi connectivity index (χ3n) is 2.58. The third kappa shape index (κ3) is 3.35. The Morgan fingerprint density at radius 2 is 2.00 bits per heavy atom. The molecule has 0 aliphatic heterocycles. The number of hydrogen-bond donors (Lipinski definition) is 0. The van der Waals surface area contributed by atoms with Crippen LogP contribution in [0.2, 0.25) is 0 Å². The lowest BCUT2D eigenvalue weighted by molar-refractivity contribution is 0.480. The van der Waals surface area contributed by atoms with Gasteiger partial charge in [-0.1, -0.05) is 25.5 Å². The van der Waals surface area contributed by atoms with Gasteiger partial charge in [-0.3, -0.25) is 0 Å². The van der Waals surface area contributed by atoms with Crippen molar-refractivity contribution in [2.45, 2.75) is 19.8 Å². The van der Waals surface area contributed by atoms with Gasteiger partial charge in [0.15, 0.2) is 5.75 Å². The lowest BCUT2D eigenvalue weighted by atomic mass is 10.2. The van der Waals surface area contributed by atoms with Crippen molar-refractivity contribution in [1.82, 2.24) is 0 Å². The van der Waals surface area contributed by atoms with Crippen LogP contribution >= 0.6 is 0 Å². The van der Waals surface area contributed by atoms with E-state index >= 15 is 0 Å². The van der Waals surface area contributed by atoms with E-state index in [1.54, 1.807) is 24.3 Å². The molecule has 0 atom stereocenters. The van der Waals surface area contributed by atoms with E-state index in [0.717, 1.165) is 12.5 Å². The maximum atomic E-state index is 11.8. The van der Waals surface area contributed by atoms with Gasteiger partial charge in [0.25, 0.3) is 0 Å². The van der Waals surface area contributed by atoms with Crippen LogP contribution in [0.15, 0.2) is 39.5 Å². The second-order valence-electron chi connectivity index (χ2n) is 4.12. The fourth-order valence-corrected chi connectivity index (χ4v) is 2.79. The topological polar surface area (TPSA) is 73.6 Å². The zero-order valence-corrected chi connectivity index (χ0v) is 11.3. The average molecular weight is 282 g/mol. The Morgan fingerprint density at radius 1 is 1.26 bits per heavy atom. The molecule has 19 heavy (non-hydrogen) atoms. The van der Waals surface area contributed by atoms with Crippen LogP contribution in [0, 0.1) is 0 Å². The molecule has 0 radical (unpaired) electrons. The zero-order chi connectivity index (χ0) is 13.9. The van der Waals surface area contributed by atoms with Crippen molar-refractivity contribution in [2.24, 2.45) is 0 Å². The minimum absolute atomic E-state index is 0.0166. The predicted molar refractivity (Wildman–Crippen MR) is 71.8 cm³/mol. The maximum absolute atomic E-state index is 11.8. The molecule has 1 heterocycles. The first-order valence-corrected chi connectivity index (χ1v) is 7.54. The highest BCUT2D eigenvalue weighted by molar-refractivity contribution is 7.87. The van der Waals surface area contributed by atoms with Gasteiger partial charge in [0.05, 0.1) is 17.2 Å². The number of rotatable bonds is 5. The molecule has 0 aliphatic carbocycles. The molecule has 0 saturated carbocycles. The Kier molecular flexibility index (Phi) is 3.90. The highest BCUT2D eigenvalue weighted by Crippen LogP contribution is 2.24. The Hall–Kier alpha value is -1.82. The largest absolute Gasteiger partial charge is 0.422 e. The van der Waals surface area contributed by atoms with E-state index in [9.17, 15) is 13.2 Å². The molecule has 0 saturated heterocycles. The fraction of sp³-hybridized carbons (Fsp3) is 0.308. The molecule has 0 amide bonds. The number of unbranched alkanes of at least 4 members (excludes halogenated alkanes) is 1. The zero-order valence-electron chi connectivity index (χ0n) is 10.5. The van der Waals surface area contributed by atoms with E-state index in [1.807, 2.05) is 6.92 Å². The monoisotopic (exact) mass is 282 g/mol. The summed E-state index contributed by atoms with van der Waals surface area (Å²) in [6, 6.07) is 7.69. The van der Waals surface area contributed by atoms with E-state index in [2.05, 4.69) is 0 Å². The standard InChI is InChI=1S/C13H14O5S/c1-2-3-8-19(15,16)18-12-9-13(14)17-11-7-5-4-6-10(11)12/h4-7,9H,2-3,8H2,1H3. The van der Waals surface area contributed by atoms with Gasteiger partial charge in [0.1, 0.15) is 5.58 Å². The van der Waals surface area contributed by atoms with Gasteiger partial charge in [-0.05, 0) is 18.6 Å². The Labute approximate surface area is 110 Å². The Morgan fingerprint density at radius 3 is 2.74 bits per heavy atom. The highest BCUT2D eigenvalue weighted by Gasteiger charge is 2.15. The predicted octanol–water partition coefficient (Wildman–Crippen LogP) is 2.30. The summed E-state index contributed by atoms with van der Waals surface area (Å²) in [6.45, 7) is 1.89. The average Bonchev–Trinajstić information content (AvgIpc) is 2.36. The molecule has 1 aromatic heterocycles. The molecule has 1 aromatic carbocycles. The molecule has 2 rings (SSSR count). The summed E-state index contributed by atoms with van der Waals surface area (Å²) in [5.74, 6) is -0.0548. The summed E-state index contributed by atoms with van der Waals surface area (Å²) >= 11 is 0. The first kappa shape index (κ1) is 13.6. The molecule has 102 valence electrons. The summed E-state index contributed by atoms with van der Waals surface area (Å²) in [4.78, 5) is 11.4. The van der Waals surface area contributed by atoms with Crippen molar-refractivity contribution in [3.63, 3.8) is 0 Å². The van der Waals surface area contributed by atoms with Crippen molar-refractivity contribution in [2.75, 3.05) is 5.75 Å². The summed E-state index contributed by atoms with van der Waals surface area (Å²) in [5, 5.41) is 0.460. The lowest BCUT2D eigenvalue weighted by Crippen LogP contribution is -2.15. The van der Waals surface area contributed by atoms with Crippen LogP contribution in [-0.2, 0) is 10.1 Å². The molecule has 0 unspecified atom stereocenters. The van der Waals surface area contributed by atoms with E-state index < -0.39 is 15.7 Å². The minimum atomic E-state index is -3.69. The molecular formula is C13H14O5S. The van der Waals surface area contributed by atoms with Crippen molar-refractivity contribution in [3.8, 4) is 5.75 Å². The molecule has 2 aromatic rings. The summed E-state index contributed by atoms with van der Waals surface area (Å²) < 4.78 is 33.5. The van der Waals surface area contributed by atoms with Gasteiger partial charge in [-0.15, -0.1) is 0 Å². The van der Waals surface area contributed by atoms with Crippen LogP contribution in [0.5, 0.6) is 5.75 Å². The van der Waals surface area contributed by atoms with E-state index in [1.165, 1.54) is 0 Å². The third-order valence-corrected chi connectivity index (χ3v) is 3.80. The second kappa shape index (κ2) is 5.44. The molecule has 0 spiro atoms. The summed E-state index contributed by atoms with van der Waals surface area (Å²) in [6.07, 6.45) is 1.27. The van der Waals surface area contributed by atoms with Gasteiger partial charge >= 0.3 is 15.7 Å². The van der Waals surface area contributed by atoms with Gasteiger partial charge in [0, 0.05) is 0 Å². The second-order valence-corrected chi connectivity index (χ2v) is 5.81. The van der Waals surface area contributed by atoms with Crippen molar-refractivity contribution in [1.29, 1.82) is 0 Å². The van der Waals surface area contributed by atoms with Gasteiger partial charge in [-0.2, -0.15) is 8.42 Å². The number of fused-ring (bicyclic) bond motifs is 1. The van der Waals surface area contributed by atoms with Crippen LogP contribution in [0.4, 0.5) is 0 Å². The normalized spacial score (nSPS) is 11.6. The first-order chi connectivity index (χ1) is 9.02. The van der Waals surface area contributed by atoms with Crippen LogP contribution in [0.25, 0.3) is 11.0 Å².